The largest absolute Gasteiger partial charge is 0.508 e. The SMILES string of the molecule is Cc1cc(O)c(C2NNC3C(=O)N(CCCO)C(c4ccc(Br)cc4)C32)cc1Cl. The molecule has 2 saturated heterocycles. The smallest absolute Gasteiger partial charge is 0.242 e. The number of aryl methyl sites for hydroxylation is 1. The number of amides is 1. The van der Waals surface area contributed by atoms with E-state index in [2.05, 4.69) is 26.8 Å². The average Bonchev–Trinajstić information content (AvgIpc) is 3.23. The van der Waals surface area contributed by atoms with Gasteiger partial charge in [-0.25, -0.2) is 10.9 Å². The van der Waals surface area contributed by atoms with Gasteiger partial charge in [-0.05, 0) is 48.7 Å². The maximum atomic E-state index is 13.2. The molecule has 2 fully saturated rings. The topological polar surface area (TPSA) is 84.8 Å². The molecule has 4 rings (SSSR count). The number of benzene rings is 2. The van der Waals surface area contributed by atoms with Gasteiger partial charge in [-0.3, -0.25) is 4.79 Å². The van der Waals surface area contributed by atoms with E-state index in [9.17, 15) is 15.0 Å². The fraction of sp³-hybridized carbons (Fsp3) is 0.381. The minimum absolute atomic E-state index is 0.0101. The van der Waals surface area contributed by atoms with E-state index in [1.165, 1.54) is 0 Å². The van der Waals surface area contributed by atoms with E-state index in [0.29, 0.717) is 23.6 Å². The molecule has 154 valence electrons. The van der Waals surface area contributed by atoms with Crippen molar-refractivity contribution in [1.82, 2.24) is 15.8 Å². The number of aromatic hydroxyl groups is 1. The lowest BCUT2D eigenvalue weighted by Crippen LogP contribution is -2.41. The number of nitrogens with zero attached hydrogens (tertiary/aromatic N) is 1. The number of aliphatic hydroxyl groups excluding tert-OH is 1. The first-order chi connectivity index (χ1) is 13.9. The summed E-state index contributed by atoms with van der Waals surface area (Å²) in [5.74, 6) is -0.00114. The third-order valence-corrected chi connectivity index (χ3v) is 6.76. The lowest BCUT2D eigenvalue weighted by Gasteiger charge is -2.31. The second kappa shape index (κ2) is 8.24. The van der Waals surface area contributed by atoms with Crippen molar-refractivity contribution in [3.05, 3.63) is 62.6 Å². The van der Waals surface area contributed by atoms with E-state index in [4.69, 9.17) is 11.6 Å². The fourth-order valence-corrected chi connectivity index (χ4v) is 4.88. The van der Waals surface area contributed by atoms with Crippen LogP contribution in [0.5, 0.6) is 5.75 Å². The van der Waals surface area contributed by atoms with E-state index >= 15 is 0 Å². The summed E-state index contributed by atoms with van der Waals surface area (Å²) in [6.45, 7) is 2.34. The summed E-state index contributed by atoms with van der Waals surface area (Å²) >= 11 is 9.80. The Morgan fingerprint density at radius 2 is 1.86 bits per heavy atom. The van der Waals surface area contributed by atoms with Crippen molar-refractivity contribution in [2.24, 2.45) is 5.92 Å². The molecular weight excluding hydrogens is 458 g/mol. The van der Waals surface area contributed by atoms with E-state index in [1.54, 1.807) is 12.1 Å². The minimum Gasteiger partial charge on any atom is -0.508 e. The van der Waals surface area contributed by atoms with Gasteiger partial charge in [0.1, 0.15) is 11.8 Å². The number of hydrazine groups is 1. The molecule has 2 aromatic carbocycles. The third-order valence-electron chi connectivity index (χ3n) is 5.83. The number of rotatable bonds is 5. The predicted octanol–water partition coefficient (Wildman–Crippen LogP) is 3.22. The van der Waals surface area contributed by atoms with Crippen molar-refractivity contribution in [2.75, 3.05) is 13.2 Å². The lowest BCUT2D eigenvalue weighted by atomic mass is 9.83. The molecule has 4 N–H and O–H groups in total. The molecule has 29 heavy (non-hydrogen) atoms. The molecule has 0 bridgehead atoms. The van der Waals surface area contributed by atoms with Crippen LogP contribution in [0.2, 0.25) is 5.02 Å². The van der Waals surface area contributed by atoms with Crippen LogP contribution in [0.25, 0.3) is 0 Å². The summed E-state index contributed by atoms with van der Waals surface area (Å²) in [7, 11) is 0. The Labute approximate surface area is 183 Å². The van der Waals surface area contributed by atoms with Crippen LogP contribution in [0.15, 0.2) is 40.9 Å². The summed E-state index contributed by atoms with van der Waals surface area (Å²) < 4.78 is 0.964. The van der Waals surface area contributed by atoms with Crippen LogP contribution >= 0.6 is 27.5 Å². The van der Waals surface area contributed by atoms with Crippen LogP contribution in [0, 0.1) is 12.8 Å². The van der Waals surface area contributed by atoms with Crippen molar-refractivity contribution in [3.63, 3.8) is 0 Å². The van der Waals surface area contributed by atoms with Gasteiger partial charge in [0.15, 0.2) is 0 Å². The number of carbonyl (C=O) groups is 1. The first-order valence-corrected chi connectivity index (χ1v) is 10.8. The number of carbonyl (C=O) groups excluding carboxylic acids is 1. The molecular formula is C21H23BrClN3O3. The highest BCUT2D eigenvalue weighted by Gasteiger charge is 2.55. The highest BCUT2D eigenvalue weighted by Crippen LogP contribution is 2.49. The van der Waals surface area contributed by atoms with Crippen LogP contribution in [-0.4, -0.2) is 40.2 Å². The minimum atomic E-state index is -0.424. The Balaban J connectivity index is 1.77. The molecule has 4 atom stereocenters. The molecule has 0 radical (unpaired) electrons. The van der Waals surface area contributed by atoms with Crippen molar-refractivity contribution in [3.8, 4) is 5.75 Å². The van der Waals surface area contributed by atoms with Crippen molar-refractivity contribution >= 4 is 33.4 Å². The molecule has 0 spiro atoms. The number of phenols is 1. The van der Waals surface area contributed by atoms with Gasteiger partial charge < -0.3 is 15.1 Å². The molecule has 0 aliphatic carbocycles. The molecule has 2 aromatic rings. The maximum Gasteiger partial charge on any atom is 0.242 e. The maximum absolute atomic E-state index is 13.2. The average molecular weight is 481 g/mol. The van der Waals surface area contributed by atoms with Crippen molar-refractivity contribution in [2.45, 2.75) is 31.5 Å². The molecule has 0 saturated carbocycles. The Morgan fingerprint density at radius 3 is 2.55 bits per heavy atom. The highest BCUT2D eigenvalue weighted by atomic mass is 79.9. The van der Waals surface area contributed by atoms with E-state index in [0.717, 1.165) is 15.6 Å². The molecule has 1 amide bonds. The number of aliphatic hydroxyl groups is 1. The normalized spacial score (nSPS) is 26.2. The van der Waals surface area contributed by atoms with Gasteiger partial charge in [0.2, 0.25) is 5.91 Å². The number of likely N-dealkylation sites (tertiary alicyclic amines) is 1. The first-order valence-electron chi connectivity index (χ1n) is 9.59. The Kier molecular flexibility index (Phi) is 5.86. The van der Waals surface area contributed by atoms with E-state index < -0.39 is 6.04 Å². The molecule has 2 aliphatic rings. The zero-order valence-corrected chi connectivity index (χ0v) is 18.2. The highest BCUT2D eigenvalue weighted by molar-refractivity contribution is 9.10. The van der Waals surface area contributed by atoms with Crippen LogP contribution < -0.4 is 10.9 Å². The third kappa shape index (κ3) is 3.66. The van der Waals surface area contributed by atoms with Crippen molar-refractivity contribution < 1.29 is 15.0 Å². The Morgan fingerprint density at radius 1 is 1.17 bits per heavy atom. The summed E-state index contributed by atoms with van der Waals surface area (Å²) in [6, 6.07) is 10.4. The van der Waals surface area contributed by atoms with Gasteiger partial charge in [0, 0.05) is 34.1 Å². The fourth-order valence-electron chi connectivity index (χ4n) is 4.45. The standard InChI is InChI=1S/C21H23BrClN3O3/c1-11-9-16(28)14(10-15(11)23)18-17-19(25-24-18)21(29)26(7-2-8-27)20(17)12-3-5-13(22)6-4-12/h3-6,9-10,17-20,24-25,27-28H,2,7-8H2,1H3. The first kappa shape index (κ1) is 20.6. The van der Waals surface area contributed by atoms with Gasteiger partial charge in [0.05, 0.1) is 12.1 Å². The van der Waals surface area contributed by atoms with E-state index in [-0.39, 0.29) is 36.3 Å². The number of hydrogen-bond donors (Lipinski definition) is 4. The molecule has 8 heteroatoms. The Bertz CT molecular complexity index is 924. The number of hydrogen-bond acceptors (Lipinski definition) is 5. The second-order valence-electron chi connectivity index (χ2n) is 7.59. The number of halogens is 2. The number of nitrogens with one attached hydrogen (secondary N) is 2. The van der Waals surface area contributed by atoms with Gasteiger partial charge in [-0.2, -0.15) is 0 Å². The molecule has 2 heterocycles. The van der Waals surface area contributed by atoms with Gasteiger partial charge in [-0.15, -0.1) is 0 Å². The zero-order valence-electron chi connectivity index (χ0n) is 15.9. The molecule has 6 nitrogen and oxygen atoms in total. The molecule has 4 unspecified atom stereocenters. The van der Waals surface area contributed by atoms with Crippen molar-refractivity contribution in [1.29, 1.82) is 0 Å². The quantitative estimate of drug-likeness (QED) is 0.528. The van der Waals surface area contributed by atoms with E-state index in [1.807, 2.05) is 36.1 Å². The Hall–Kier alpha value is -1.64. The lowest BCUT2D eigenvalue weighted by molar-refractivity contribution is -0.130. The zero-order chi connectivity index (χ0) is 20.7. The monoisotopic (exact) mass is 479 g/mol. The predicted molar refractivity (Wildman–Crippen MR) is 114 cm³/mol. The van der Waals surface area contributed by atoms with Crippen LogP contribution in [0.3, 0.4) is 0 Å². The molecule has 2 aliphatic heterocycles. The number of fused-ring (bicyclic) bond motifs is 1. The van der Waals surface area contributed by atoms with Gasteiger partial charge in [-0.1, -0.05) is 39.7 Å². The summed E-state index contributed by atoms with van der Waals surface area (Å²) in [4.78, 5) is 15.0. The van der Waals surface area contributed by atoms with Crippen LogP contribution in [-0.2, 0) is 4.79 Å². The summed E-state index contributed by atoms with van der Waals surface area (Å²) in [6.07, 6.45) is 0.512. The van der Waals surface area contributed by atoms with Gasteiger partial charge >= 0.3 is 0 Å². The number of phenolic OH excluding ortho intramolecular Hbond substituents is 1. The van der Waals surface area contributed by atoms with Gasteiger partial charge in [0.25, 0.3) is 0 Å². The molecule has 0 aromatic heterocycles. The van der Waals surface area contributed by atoms with Crippen LogP contribution in [0.1, 0.15) is 35.2 Å². The second-order valence-corrected chi connectivity index (χ2v) is 8.91. The summed E-state index contributed by atoms with van der Waals surface area (Å²) in [5.41, 5.74) is 8.81. The summed E-state index contributed by atoms with van der Waals surface area (Å²) in [5, 5.41) is 20.5. The van der Waals surface area contributed by atoms with Crippen LogP contribution in [0.4, 0.5) is 0 Å².